The second-order valence-electron chi connectivity index (χ2n) is 7.97. The van der Waals surface area contributed by atoms with Gasteiger partial charge < -0.3 is 11.1 Å². The number of halogens is 2. The molecule has 33 heavy (non-hydrogen) atoms. The SMILES string of the molecule is CCc1ccc(N(CCc2ccc(Cl)cc2)C(=O)Nc2c(CC)c(N)cc(Cl)c2CC)cc1. The van der Waals surface area contributed by atoms with Crippen LogP contribution >= 0.6 is 23.2 Å². The quantitative estimate of drug-likeness (QED) is 0.325. The Morgan fingerprint density at radius 1 is 0.879 bits per heavy atom. The fraction of sp³-hybridized carbons (Fsp3) is 0.296. The molecule has 0 unspecified atom stereocenters. The van der Waals surface area contributed by atoms with E-state index in [4.69, 9.17) is 28.9 Å². The van der Waals surface area contributed by atoms with Crippen molar-refractivity contribution in [1.82, 2.24) is 0 Å². The van der Waals surface area contributed by atoms with Gasteiger partial charge in [0.05, 0.1) is 5.69 Å². The first-order chi connectivity index (χ1) is 15.9. The molecule has 3 N–H and O–H groups in total. The maximum absolute atomic E-state index is 13.6. The molecule has 0 heterocycles. The number of rotatable bonds is 8. The van der Waals surface area contributed by atoms with E-state index in [1.807, 2.05) is 50.2 Å². The average Bonchev–Trinajstić information content (AvgIpc) is 2.81. The number of amides is 2. The van der Waals surface area contributed by atoms with E-state index >= 15 is 0 Å². The second-order valence-corrected chi connectivity index (χ2v) is 8.81. The van der Waals surface area contributed by atoms with Crippen LogP contribution in [0.3, 0.4) is 0 Å². The fourth-order valence-corrected chi connectivity index (χ4v) is 4.43. The molecule has 0 aliphatic heterocycles. The Morgan fingerprint density at radius 3 is 2.06 bits per heavy atom. The number of nitrogens with two attached hydrogens (primary N) is 1. The molecule has 0 spiro atoms. The molecule has 0 aromatic heterocycles. The molecule has 0 saturated carbocycles. The van der Waals surface area contributed by atoms with E-state index in [0.29, 0.717) is 41.5 Å². The molecule has 0 fully saturated rings. The van der Waals surface area contributed by atoms with Crippen LogP contribution in [-0.2, 0) is 25.7 Å². The Balaban J connectivity index is 1.94. The third-order valence-electron chi connectivity index (χ3n) is 5.90. The summed E-state index contributed by atoms with van der Waals surface area (Å²) in [4.78, 5) is 15.4. The van der Waals surface area contributed by atoms with Crippen molar-refractivity contribution in [1.29, 1.82) is 0 Å². The van der Waals surface area contributed by atoms with Gasteiger partial charge in [0.1, 0.15) is 0 Å². The van der Waals surface area contributed by atoms with Crippen LogP contribution in [0.1, 0.15) is 43.0 Å². The van der Waals surface area contributed by atoms with Gasteiger partial charge >= 0.3 is 6.03 Å². The maximum Gasteiger partial charge on any atom is 0.326 e. The van der Waals surface area contributed by atoms with Crippen LogP contribution in [0.25, 0.3) is 0 Å². The van der Waals surface area contributed by atoms with E-state index in [1.54, 1.807) is 11.0 Å². The van der Waals surface area contributed by atoms with E-state index in [2.05, 4.69) is 24.4 Å². The fourth-order valence-electron chi connectivity index (χ4n) is 3.96. The first-order valence-electron chi connectivity index (χ1n) is 11.4. The van der Waals surface area contributed by atoms with Crippen molar-refractivity contribution in [3.63, 3.8) is 0 Å². The summed E-state index contributed by atoms with van der Waals surface area (Å²) >= 11 is 12.5. The maximum atomic E-state index is 13.6. The van der Waals surface area contributed by atoms with Crippen LogP contribution in [-0.4, -0.2) is 12.6 Å². The van der Waals surface area contributed by atoms with Gasteiger partial charge in [0.2, 0.25) is 0 Å². The van der Waals surface area contributed by atoms with Crippen molar-refractivity contribution in [3.8, 4) is 0 Å². The van der Waals surface area contributed by atoms with E-state index in [1.165, 1.54) is 5.56 Å². The van der Waals surface area contributed by atoms with Crippen molar-refractivity contribution in [2.75, 3.05) is 22.5 Å². The Hall–Kier alpha value is -2.69. The minimum absolute atomic E-state index is 0.209. The van der Waals surface area contributed by atoms with Gasteiger partial charge in [0, 0.05) is 28.0 Å². The third kappa shape index (κ3) is 6.01. The Bertz CT molecular complexity index is 1070. The van der Waals surface area contributed by atoms with Gasteiger partial charge in [-0.25, -0.2) is 4.79 Å². The molecular weight excluding hydrogens is 453 g/mol. The zero-order valence-electron chi connectivity index (χ0n) is 19.4. The lowest BCUT2D eigenvalue weighted by molar-refractivity contribution is 0.257. The number of hydrogen-bond acceptors (Lipinski definition) is 2. The van der Waals surface area contributed by atoms with E-state index in [0.717, 1.165) is 34.5 Å². The number of aryl methyl sites for hydroxylation is 1. The van der Waals surface area contributed by atoms with Crippen LogP contribution in [0.15, 0.2) is 54.6 Å². The van der Waals surface area contributed by atoms with Crippen molar-refractivity contribution in [2.45, 2.75) is 46.5 Å². The third-order valence-corrected chi connectivity index (χ3v) is 6.49. The van der Waals surface area contributed by atoms with Gasteiger partial charge in [0.15, 0.2) is 0 Å². The highest BCUT2D eigenvalue weighted by Gasteiger charge is 2.21. The number of anilines is 3. The van der Waals surface area contributed by atoms with E-state index < -0.39 is 0 Å². The summed E-state index contributed by atoms with van der Waals surface area (Å²) in [5, 5.41) is 4.40. The average molecular weight is 484 g/mol. The van der Waals surface area contributed by atoms with Crippen molar-refractivity contribution in [3.05, 3.63) is 86.9 Å². The summed E-state index contributed by atoms with van der Waals surface area (Å²) in [5.41, 5.74) is 12.5. The molecule has 0 saturated heterocycles. The van der Waals surface area contributed by atoms with Crippen LogP contribution in [0.5, 0.6) is 0 Å². The largest absolute Gasteiger partial charge is 0.398 e. The number of carbonyl (C=O) groups excluding carboxylic acids is 1. The number of nitrogens with one attached hydrogen (secondary N) is 1. The highest BCUT2D eigenvalue weighted by molar-refractivity contribution is 6.32. The van der Waals surface area contributed by atoms with Crippen LogP contribution < -0.4 is 16.0 Å². The second kappa shape index (κ2) is 11.4. The summed E-state index contributed by atoms with van der Waals surface area (Å²) in [7, 11) is 0. The molecule has 3 aromatic rings. The predicted molar refractivity (Wildman–Crippen MR) is 142 cm³/mol. The lowest BCUT2D eigenvalue weighted by atomic mass is 10.0. The monoisotopic (exact) mass is 483 g/mol. The Labute approximate surface area is 206 Å². The summed E-state index contributed by atoms with van der Waals surface area (Å²) in [6, 6.07) is 17.4. The zero-order chi connectivity index (χ0) is 24.0. The standard InChI is InChI=1S/C27H31Cl2N3O/c1-4-18-9-13-21(14-10-18)32(16-15-19-7-11-20(28)12-8-19)27(33)31-26-22(5-2)24(29)17-25(30)23(26)6-3/h7-14,17H,4-6,15-16,30H2,1-3H3,(H,31,33). The van der Waals surface area contributed by atoms with Crippen LogP contribution in [0.2, 0.25) is 10.0 Å². The van der Waals surface area contributed by atoms with Gasteiger partial charge in [-0.05, 0) is 78.3 Å². The van der Waals surface area contributed by atoms with E-state index in [9.17, 15) is 4.79 Å². The molecule has 174 valence electrons. The lowest BCUT2D eigenvalue weighted by Crippen LogP contribution is -2.37. The topological polar surface area (TPSA) is 58.4 Å². The molecule has 3 aromatic carbocycles. The normalized spacial score (nSPS) is 10.8. The minimum atomic E-state index is -0.209. The van der Waals surface area contributed by atoms with Crippen LogP contribution in [0, 0.1) is 0 Å². The number of nitrogens with zero attached hydrogens (tertiary/aromatic N) is 1. The number of hydrogen-bond donors (Lipinski definition) is 2. The summed E-state index contributed by atoms with van der Waals surface area (Å²) in [5.74, 6) is 0. The zero-order valence-corrected chi connectivity index (χ0v) is 20.9. The molecular formula is C27H31Cl2N3O. The molecule has 3 rings (SSSR count). The lowest BCUT2D eigenvalue weighted by Gasteiger charge is -2.26. The first kappa shape index (κ1) is 24.9. The van der Waals surface area contributed by atoms with Gasteiger partial charge in [-0.2, -0.15) is 0 Å². The first-order valence-corrected chi connectivity index (χ1v) is 12.1. The van der Waals surface area contributed by atoms with Gasteiger partial charge in [0.25, 0.3) is 0 Å². The minimum Gasteiger partial charge on any atom is -0.398 e. The van der Waals surface area contributed by atoms with Gasteiger partial charge in [-0.1, -0.05) is 68.2 Å². The number of carbonyl (C=O) groups is 1. The molecule has 4 nitrogen and oxygen atoms in total. The number of benzene rings is 3. The highest BCUT2D eigenvalue weighted by Crippen LogP contribution is 2.34. The molecule has 0 aliphatic rings. The van der Waals surface area contributed by atoms with E-state index in [-0.39, 0.29) is 6.03 Å². The van der Waals surface area contributed by atoms with Crippen LogP contribution in [0.4, 0.5) is 21.9 Å². The van der Waals surface area contributed by atoms with Gasteiger partial charge in [-0.15, -0.1) is 0 Å². The number of nitrogen functional groups attached to an aromatic ring is 1. The molecule has 6 heteroatoms. The number of urea groups is 1. The summed E-state index contributed by atoms with van der Waals surface area (Å²) < 4.78 is 0. The van der Waals surface area contributed by atoms with Crippen molar-refractivity contribution < 1.29 is 4.79 Å². The summed E-state index contributed by atoms with van der Waals surface area (Å²) in [6.07, 6.45) is 3.02. The van der Waals surface area contributed by atoms with Crippen molar-refractivity contribution >= 4 is 46.3 Å². The molecule has 0 atom stereocenters. The van der Waals surface area contributed by atoms with Crippen molar-refractivity contribution in [2.24, 2.45) is 0 Å². The summed E-state index contributed by atoms with van der Waals surface area (Å²) in [6.45, 7) is 6.67. The molecule has 0 aliphatic carbocycles. The molecule has 0 bridgehead atoms. The highest BCUT2D eigenvalue weighted by atomic mass is 35.5. The Kier molecular flexibility index (Phi) is 8.65. The Morgan fingerprint density at radius 2 is 1.48 bits per heavy atom. The molecule has 0 radical (unpaired) electrons. The predicted octanol–water partition coefficient (Wildman–Crippen LogP) is 7.54. The van der Waals surface area contributed by atoms with Gasteiger partial charge in [-0.3, -0.25) is 4.90 Å². The molecule has 2 amide bonds. The smallest absolute Gasteiger partial charge is 0.326 e.